The van der Waals surface area contributed by atoms with Crippen LogP contribution < -0.4 is 9.47 Å². The number of hydrogen-bond acceptors (Lipinski definition) is 6. The molecule has 2 aliphatic rings. The van der Waals surface area contributed by atoms with Crippen LogP contribution in [-0.2, 0) is 21.4 Å². The van der Waals surface area contributed by atoms with Crippen LogP contribution in [0, 0.1) is 0 Å². The van der Waals surface area contributed by atoms with Gasteiger partial charge in [0.1, 0.15) is 25.0 Å². The van der Waals surface area contributed by atoms with E-state index >= 15 is 0 Å². The Bertz CT molecular complexity index is 957. The summed E-state index contributed by atoms with van der Waals surface area (Å²) in [5.41, 5.74) is 0. The molecule has 1 amide bonds. The number of benzene rings is 1. The molecule has 28 heavy (non-hydrogen) atoms. The quantitative estimate of drug-likeness (QED) is 0.753. The van der Waals surface area contributed by atoms with Gasteiger partial charge in [0.25, 0.3) is 0 Å². The molecule has 1 fully saturated rings. The molecule has 2 aromatic rings. The number of carbonyl (C=O) groups is 1. The lowest BCUT2D eigenvalue weighted by Crippen LogP contribution is -2.46. The number of hydrogen-bond donors (Lipinski definition) is 0. The Labute approximate surface area is 163 Å². The van der Waals surface area contributed by atoms with Gasteiger partial charge >= 0.3 is 0 Å². The first-order valence-corrected chi connectivity index (χ1v) is 10.6. The van der Waals surface area contributed by atoms with Crippen molar-refractivity contribution in [2.45, 2.75) is 30.3 Å². The highest BCUT2D eigenvalue weighted by Crippen LogP contribution is 2.35. The van der Waals surface area contributed by atoms with Crippen LogP contribution in [0.4, 0.5) is 0 Å². The summed E-state index contributed by atoms with van der Waals surface area (Å²) in [6, 6.07) is 7.37. The van der Waals surface area contributed by atoms with Crippen molar-refractivity contribution in [3.63, 3.8) is 0 Å². The van der Waals surface area contributed by atoms with Crippen molar-refractivity contribution < 1.29 is 27.1 Å². The van der Waals surface area contributed by atoms with Crippen molar-refractivity contribution >= 4 is 15.9 Å². The predicted octanol–water partition coefficient (Wildman–Crippen LogP) is 1.86. The maximum absolute atomic E-state index is 13.2. The molecule has 0 unspecified atom stereocenters. The van der Waals surface area contributed by atoms with Gasteiger partial charge in [0, 0.05) is 19.7 Å². The highest BCUT2D eigenvalue weighted by atomic mass is 32.2. The van der Waals surface area contributed by atoms with Gasteiger partial charge in [-0.2, -0.15) is 4.31 Å². The van der Waals surface area contributed by atoms with Gasteiger partial charge in [-0.3, -0.25) is 4.79 Å². The number of furan rings is 1. The lowest BCUT2D eigenvalue weighted by atomic mass is 10.2. The highest BCUT2D eigenvalue weighted by molar-refractivity contribution is 7.89. The standard InChI is InChI=1S/C19H22N2O6S/c1-20(13-14-4-3-9-25-14)19(22)16-5-2-8-21(16)28(23,24)15-6-7-17-18(12-15)27-11-10-26-17/h3-4,6-7,9,12,16H,2,5,8,10-11,13H2,1H3/t16-/m1/s1. The molecule has 1 atom stereocenters. The van der Waals surface area contributed by atoms with Crippen LogP contribution in [-0.4, -0.2) is 56.4 Å². The van der Waals surface area contributed by atoms with E-state index in [2.05, 4.69) is 0 Å². The number of likely N-dealkylation sites (N-methyl/N-ethyl adjacent to an activating group) is 1. The SMILES string of the molecule is CN(Cc1ccco1)C(=O)[C@H]1CCCN1S(=O)(=O)c1ccc2c(c1)OCCO2. The minimum Gasteiger partial charge on any atom is -0.486 e. The summed E-state index contributed by atoms with van der Waals surface area (Å²) >= 11 is 0. The third-order valence-electron chi connectivity index (χ3n) is 4.96. The van der Waals surface area contributed by atoms with Crippen molar-refractivity contribution in [3.8, 4) is 11.5 Å². The molecule has 0 saturated carbocycles. The summed E-state index contributed by atoms with van der Waals surface area (Å²) in [6.07, 6.45) is 2.67. The summed E-state index contributed by atoms with van der Waals surface area (Å²) in [5, 5.41) is 0. The van der Waals surface area contributed by atoms with E-state index < -0.39 is 16.1 Å². The third kappa shape index (κ3) is 3.47. The zero-order chi connectivity index (χ0) is 19.7. The van der Waals surface area contributed by atoms with Crippen LogP contribution in [0.5, 0.6) is 11.5 Å². The van der Waals surface area contributed by atoms with Crippen LogP contribution >= 0.6 is 0 Å². The Morgan fingerprint density at radius 1 is 1.21 bits per heavy atom. The summed E-state index contributed by atoms with van der Waals surface area (Å²) in [4.78, 5) is 14.5. The van der Waals surface area contributed by atoms with Crippen molar-refractivity contribution in [2.75, 3.05) is 26.8 Å². The highest BCUT2D eigenvalue weighted by Gasteiger charge is 2.41. The first-order chi connectivity index (χ1) is 13.5. The van der Waals surface area contributed by atoms with Crippen molar-refractivity contribution in [3.05, 3.63) is 42.4 Å². The fraction of sp³-hybridized carbons (Fsp3) is 0.421. The average molecular weight is 406 g/mol. The molecule has 4 rings (SSSR count). The van der Waals surface area contributed by atoms with E-state index in [1.807, 2.05) is 0 Å². The smallest absolute Gasteiger partial charge is 0.243 e. The largest absolute Gasteiger partial charge is 0.486 e. The normalized spacial score (nSPS) is 19.5. The fourth-order valence-electron chi connectivity index (χ4n) is 3.56. The minimum absolute atomic E-state index is 0.102. The number of carbonyl (C=O) groups excluding carboxylic acids is 1. The predicted molar refractivity (Wildman–Crippen MR) is 99.5 cm³/mol. The van der Waals surface area contributed by atoms with Gasteiger partial charge < -0.3 is 18.8 Å². The Morgan fingerprint density at radius 3 is 2.75 bits per heavy atom. The van der Waals surface area contributed by atoms with Gasteiger partial charge in [0.15, 0.2) is 11.5 Å². The van der Waals surface area contributed by atoms with Gasteiger partial charge in [-0.25, -0.2) is 8.42 Å². The van der Waals surface area contributed by atoms with E-state index in [1.165, 1.54) is 21.3 Å². The minimum atomic E-state index is -3.84. The average Bonchev–Trinajstić information content (AvgIpc) is 3.39. The number of nitrogens with zero attached hydrogens (tertiary/aromatic N) is 2. The molecule has 0 N–H and O–H groups in total. The zero-order valence-electron chi connectivity index (χ0n) is 15.5. The first-order valence-electron chi connectivity index (χ1n) is 9.15. The van der Waals surface area contributed by atoms with E-state index in [0.717, 1.165) is 0 Å². The third-order valence-corrected chi connectivity index (χ3v) is 6.86. The molecule has 0 radical (unpaired) electrons. The molecule has 1 aromatic carbocycles. The molecule has 0 spiro atoms. The Kier molecular flexibility index (Phi) is 5.03. The zero-order valence-corrected chi connectivity index (χ0v) is 16.4. The molecular weight excluding hydrogens is 384 g/mol. The summed E-state index contributed by atoms with van der Waals surface area (Å²) in [6.45, 7) is 1.41. The van der Waals surface area contributed by atoms with Crippen molar-refractivity contribution in [2.24, 2.45) is 0 Å². The van der Waals surface area contributed by atoms with E-state index in [1.54, 1.807) is 31.5 Å². The molecule has 0 aliphatic carbocycles. The summed E-state index contributed by atoms with van der Waals surface area (Å²) in [7, 11) is -2.18. The molecule has 8 nitrogen and oxygen atoms in total. The van der Waals surface area contributed by atoms with Crippen molar-refractivity contribution in [1.29, 1.82) is 0 Å². The molecule has 1 aromatic heterocycles. The molecule has 3 heterocycles. The second-order valence-electron chi connectivity index (χ2n) is 6.85. The van der Waals surface area contributed by atoms with Crippen LogP contribution in [0.2, 0.25) is 0 Å². The summed E-state index contributed by atoms with van der Waals surface area (Å²) < 4.78 is 44.0. The maximum Gasteiger partial charge on any atom is 0.243 e. The molecular formula is C19H22N2O6S. The maximum atomic E-state index is 13.2. The van der Waals surface area contributed by atoms with E-state index in [0.29, 0.717) is 56.4 Å². The van der Waals surface area contributed by atoms with Crippen LogP contribution in [0.1, 0.15) is 18.6 Å². The van der Waals surface area contributed by atoms with Gasteiger partial charge in [-0.15, -0.1) is 0 Å². The first kappa shape index (κ1) is 18.8. The number of fused-ring (bicyclic) bond motifs is 1. The molecule has 2 aliphatic heterocycles. The Hall–Kier alpha value is -2.52. The van der Waals surface area contributed by atoms with Crippen LogP contribution in [0.3, 0.4) is 0 Å². The van der Waals surface area contributed by atoms with E-state index in [4.69, 9.17) is 13.9 Å². The molecule has 1 saturated heterocycles. The Balaban J connectivity index is 1.55. The van der Waals surface area contributed by atoms with Gasteiger partial charge in [-0.1, -0.05) is 0 Å². The molecule has 0 bridgehead atoms. The van der Waals surface area contributed by atoms with Crippen LogP contribution in [0.25, 0.3) is 0 Å². The Morgan fingerprint density at radius 2 is 2.00 bits per heavy atom. The van der Waals surface area contributed by atoms with Gasteiger partial charge in [0.2, 0.25) is 15.9 Å². The van der Waals surface area contributed by atoms with Gasteiger partial charge in [-0.05, 0) is 37.1 Å². The number of rotatable bonds is 5. The van der Waals surface area contributed by atoms with Crippen molar-refractivity contribution in [1.82, 2.24) is 9.21 Å². The second kappa shape index (κ2) is 7.48. The molecule has 150 valence electrons. The topological polar surface area (TPSA) is 89.3 Å². The van der Waals surface area contributed by atoms with E-state index in [9.17, 15) is 13.2 Å². The fourth-order valence-corrected chi connectivity index (χ4v) is 5.23. The summed E-state index contributed by atoms with van der Waals surface area (Å²) in [5.74, 6) is 1.34. The monoisotopic (exact) mass is 406 g/mol. The molecule has 9 heteroatoms. The lowest BCUT2D eigenvalue weighted by Gasteiger charge is -2.27. The van der Waals surface area contributed by atoms with Crippen LogP contribution in [0.15, 0.2) is 45.9 Å². The van der Waals surface area contributed by atoms with E-state index in [-0.39, 0.29) is 10.8 Å². The van der Waals surface area contributed by atoms with Gasteiger partial charge in [0.05, 0.1) is 17.7 Å². The number of ether oxygens (including phenoxy) is 2. The number of amides is 1. The second-order valence-corrected chi connectivity index (χ2v) is 8.74. The lowest BCUT2D eigenvalue weighted by molar-refractivity contribution is -0.134. The number of sulfonamides is 1.